The van der Waals surface area contributed by atoms with Crippen molar-refractivity contribution in [1.29, 1.82) is 0 Å². The zero-order chi connectivity index (χ0) is 11.7. The summed E-state index contributed by atoms with van der Waals surface area (Å²) in [5.41, 5.74) is 7.40. The monoisotopic (exact) mass is 243 g/mol. The first-order valence-electron chi connectivity index (χ1n) is 5.07. The van der Waals surface area contributed by atoms with Crippen LogP contribution in [-0.2, 0) is 0 Å². The number of nitrogens with zero attached hydrogens (tertiary/aromatic N) is 2. The van der Waals surface area contributed by atoms with Gasteiger partial charge in [-0.25, -0.2) is 0 Å². The van der Waals surface area contributed by atoms with Crippen molar-refractivity contribution in [3.05, 3.63) is 41.8 Å². The average Bonchev–Trinajstić information content (AvgIpc) is 2.98. The molecular weight excluding hydrogens is 234 g/mol. The average molecular weight is 243 g/mol. The molecule has 0 radical (unpaired) electrons. The Morgan fingerprint density at radius 1 is 1.12 bits per heavy atom. The second kappa shape index (κ2) is 4.03. The van der Waals surface area contributed by atoms with Crippen molar-refractivity contribution in [1.82, 2.24) is 10.1 Å². The third kappa shape index (κ3) is 1.81. The number of hydrogen-bond donors (Lipinski definition) is 1. The highest BCUT2D eigenvalue weighted by Gasteiger charge is 2.13. The van der Waals surface area contributed by atoms with E-state index in [0.717, 1.165) is 10.4 Å². The quantitative estimate of drug-likeness (QED) is 0.751. The molecule has 0 saturated heterocycles. The Morgan fingerprint density at radius 2 is 1.94 bits per heavy atom. The van der Waals surface area contributed by atoms with E-state index in [1.807, 2.05) is 41.8 Å². The molecule has 0 fully saturated rings. The van der Waals surface area contributed by atoms with E-state index in [2.05, 4.69) is 10.1 Å². The van der Waals surface area contributed by atoms with E-state index in [-0.39, 0.29) is 0 Å². The Balaban J connectivity index is 2.02. The van der Waals surface area contributed by atoms with Crippen molar-refractivity contribution in [2.75, 3.05) is 5.73 Å². The summed E-state index contributed by atoms with van der Waals surface area (Å²) in [5, 5.41) is 5.85. The molecule has 2 heterocycles. The first-order valence-corrected chi connectivity index (χ1v) is 5.95. The van der Waals surface area contributed by atoms with Gasteiger partial charge in [0, 0.05) is 5.56 Å². The van der Waals surface area contributed by atoms with Gasteiger partial charge < -0.3 is 10.3 Å². The van der Waals surface area contributed by atoms with Gasteiger partial charge in [-0.15, -0.1) is 11.3 Å². The van der Waals surface area contributed by atoms with E-state index in [9.17, 15) is 0 Å². The van der Waals surface area contributed by atoms with E-state index < -0.39 is 0 Å². The molecule has 0 aliphatic rings. The van der Waals surface area contributed by atoms with Crippen LogP contribution in [0.15, 0.2) is 46.3 Å². The second-order valence-electron chi connectivity index (χ2n) is 3.49. The highest BCUT2D eigenvalue weighted by Crippen LogP contribution is 2.31. The van der Waals surface area contributed by atoms with Crippen molar-refractivity contribution < 1.29 is 4.52 Å². The molecule has 0 aliphatic heterocycles. The molecule has 0 spiro atoms. The van der Waals surface area contributed by atoms with Gasteiger partial charge in [-0.3, -0.25) is 0 Å². The number of nitrogens with two attached hydrogens (primary N) is 1. The third-order valence-electron chi connectivity index (χ3n) is 2.35. The summed E-state index contributed by atoms with van der Waals surface area (Å²) in [5.74, 6) is 1.05. The summed E-state index contributed by atoms with van der Waals surface area (Å²) >= 11 is 1.49. The molecule has 3 aromatic rings. The van der Waals surface area contributed by atoms with Gasteiger partial charge in [-0.2, -0.15) is 4.98 Å². The van der Waals surface area contributed by atoms with Crippen molar-refractivity contribution >= 4 is 17.0 Å². The van der Waals surface area contributed by atoms with E-state index >= 15 is 0 Å². The van der Waals surface area contributed by atoms with Crippen LogP contribution in [-0.4, -0.2) is 10.1 Å². The van der Waals surface area contributed by atoms with Crippen LogP contribution in [0.5, 0.6) is 0 Å². The van der Waals surface area contributed by atoms with Crippen LogP contribution >= 0.6 is 11.3 Å². The molecule has 2 aromatic heterocycles. The van der Waals surface area contributed by atoms with E-state index in [1.54, 1.807) is 0 Å². The predicted molar refractivity (Wildman–Crippen MR) is 67.5 cm³/mol. The molecular formula is C12H9N3OS. The highest BCUT2D eigenvalue weighted by molar-refractivity contribution is 7.14. The largest absolute Gasteiger partial charge is 0.397 e. The van der Waals surface area contributed by atoms with Crippen LogP contribution in [0.4, 0.5) is 5.69 Å². The maximum absolute atomic E-state index is 5.80. The number of nitrogen functional groups attached to an aromatic ring is 1. The van der Waals surface area contributed by atoms with Crippen LogP contribution in [0, 0.1) is 0 Å². The molecule has 5 heteroatoms. The summed E-state index contributed by atoms with van der Waals surface area (Å²) in [6.45, 7) is 0. The van der Waals surface area contributed by atoms with Crippen molar-refractivity contribution in [3.8, 4) is 22.2 Å². The maximum atomic E-state index is 5.80. The van der Waals surface area contributed by atoms with Gasteiger partial charge in [0.1, 0.15) is 4.88 Å². The van der Waals surface area contributed by atoms with Gasteiger partial charge in [0.25, 0.3) is 5.89 Å². The molecule has 0 bridgehead atoms. The van der Waals surface area contributed by atoms with Gasteiger partial charge in [-0.1, -0.05) is 35.5 Å². The minimum absolute atomic E-state index is 0.469. The van der Waals surface area contributed by atoms with Crippen molar-refractivity contribution in [3.63, 3.8) is 0 Å². The maximum Gasteiger partial charge on any atom is 0.270 e. The molecule has 4 nitrogen and oxygen atoms in total. The molecule has 1 aromatic carbocycles. The number of hydrogen-bond acceptors (Lipinski definition) is 5. The summed E-state index contributed by atoms with van der Waals surface area (Å²) in [4.78, 5) is 5.16. The fourth-order valence-corrected chi connectivity index (χ4v) is 2.25. The standard InChI is InChI=1S/C12H9N3OS/c13-9-6-7-17-10(9)12-14-11(15-16-12)8-4-2-1-3-5-8/h1-7H,13H2. The van der Waals surface area contributed by atoms with E-state index in [4.69, 9.17) is 10.3 Å². The molecule has 0 unspecified atom stereocenters. The normalized spacial score (nSPS) is 10.6. The lowest BCUT2D eigenvalue weighted by atomic mass is 10.2. The minimum atomic E-state index is 0.469. The van der Waals surface area contributed by atoms with Gasteiger partial charge in [-0.05, 0) is 11.4 Å². The molecule has 0 amide bonds. The minimum Gasteiger partial charge on any atom is -0.397 e. The van der Waals surface area contributed by atoms with Gasteiger partial charge in [0.05, 0.1) is 5.69 Å². The summed E-state index contributed by atoms with van der Waals surface area (Å²) in [6.07, 6.45) is 0. The van der Waals surface area contributed by atoms with Crippen LogP contribution in [0.25, 0.3) is 22.2 Å². The predicted octanol–water partition coefficient (Wildman–Crippen LogP) is 3.05. The first kappa shape index (κ1) is 10.0. The van der Waals surface area contributed by atoms with Crippen LogP contribution in [0.3, 0.4) is 0 Å². The topological polar surface area (TPSA) is 64.9 Å². The lowest BCUT2D eigenvalue weighted by Crippen LogP contribution is -1.84. The van der Waals surface area contributed by atoms with Crippen molar-refractivity contribution in [2.45, 2.75) is 0 Å². The smallest absolute Gasteiger partial charge is 0.270 e. The molecule has 0 saturated carbocycles. The lowest BCUT2D eigenvalue weighted by molar-refractivity contribution is 0.433. The van der Waals surface area contributed by atoms with E-state index in [0.29, 0.717) is 17.4 Å². The number of aromatic nitrogens is 2. The molecule has 17 heavy (non-hydrogen) atoms. The SMILES string of the molecule is Nc1ccsc1-c1nc(-c2ccccc2)no1. The van der Waals surface area contributed by atoms with Crippen LogP contribution in [0.1, 0.15) is 0 Å². The Hall–Kier alpha value is -2.14. The number of thiophene rings is 1. The Morgan fingerprint density at radius 3 is 2.65 bits per heavy atom. The molecule has 3 rings (SSSR count). The first-order chi connectivity index (χ1) is 8.34. The second-order valence-corrected chi connectivity index (χ2v) is 4.41. The Labute approximate surface area is 102 Å². The lowest BCUT2D eigenvalue weighted by Gasteiger charge is -1.91. The number of benzene rings is 1. The molecule has 0 aliphatic carbocycles. The van der Waals surface area contributed by atoms with Crippen LogP contribution < -0.4 is 5.73 Å². The van der Waals surface area contributed by atoms with Gasteiger partial charge >= 0.3 is 0 Å². The third-order valence-corrected chi connectivity index (χ3v) is 3.27. The summed E-state index contributed by atoms with van der Waals surface area (Å²) < 4.78 is 5.21. The Kier molecular flexibility index (Phi) is 2.38. The van der Waals surface area contributed by atoms with Crippen LogP contribution in [0.2, 0.25) is 0 Å². The fourth-order valence-electron chi connectivity index (χ4n) is 1.51. The molecule has 0 atom stereocenters. The highest BCUT2D eigenvalue weighted by atomic mass is 32.1. The van der Waals surface area contributed by atoms with Gasteiger partial charge in [0.15, 0.2) is 0 Å². The molecule has 2 N–H and O–H groups in total. The fraction of sp³-hybridized carbons (Fsp3) is 0. The summed E-state index contributed by atoms with van der Waals surface area (Å²) in [6, 6.07) is 11.5. The number of anilines is 1. The summed E-state index contributed by atoms with van der Waals surface area (Å²) in [7, 11) is 0. The Bertz CT molecular complexity index is 630. The zero-order valence-electron chi connectivity index (χ0n) is 8.83. The number of rotatable bonds is 2. The molecule has 84 valence electrons. The van der Waals surface area contributed by atoms with Crippen molar-refractivity contribution in [2.24, 2.45) is 0 Å². The van der Waals surface area contributed by atoms with Gasteiger partial charge in [0.2, 0.25) is 5.82 Å². The van der Waals surface area contributed by atoms with E-state index in [1.165, 1.54) is 11.3 Å². The zero-order valence-corrected chi connectivity index (χ0v) is 9.65.